The monoisotopic (exact) mass is 330 g/mol. The molecule has 1 amide bonds. The molecular weight excluding hydrogens is 308 g/mol. The largest absolute Gasteiger partial charge is 0.378 e. The summed E-state index contributed by atoms with van der Waals surface area (Å²) in [4.78, 5) is 14.2. The minimum Gasteiger partial charge on any atom is -0.378 e. The number of hydrogen-bond donors (Lipinski definition) is 0. The summed E-state index contributed by atoms with van der Waals surface area (Å²) in [5, 5.41) is 4.23. The summed E-state index contributed by atoms with van der Waals surface area (Å²) in [6.07, 6.45) is 0. The number of aromatic nitrogens is 2. The molecule has 0 aliphatic carbocycles. The van der Waals surface area contributed by atoms with Crippen molar-refractivity contribution in [2.45, 2.75) is 25.3 Å². The molecule has 1 aliphatic rings. The Balaban J connectivity index is 2.25. The molecule has 0 aromatic carbocycles. The van der Waals surface area contributed by atoms with Crippen molar-refractivity contribution in [1.82, 2.24) is 19.0 Å². The zero-order chi connectivity index (χ0) is 16.5. The van der Waals surface area contributed by atoms with Crippen molar-refractivity contribution in [1.29, 1.82) is 0 Å². The van der Waals surface area contributed by atoms with E-state index in [4.69, 9.17) is 4.74 Å². The number of carbonyl (C=O) groups is 1. The van der Waals surface area contributed by atoms with Crippen LogP contribution in [0.25, 0.3) is 0 Å². The van der Waals surface area contributed by atoms with Crippen molar-refractivity contribution in [3.05, 3.63) is 11.4 Å². The molecule has 124 valence electrons. The van der Waals surface area contributed by atoms with Gasteiger partial charge >= 0.3 is 0 Å². The molecule has 0 unspecified atom stereocenters. The second kappa shape index (κ2) is 6.35. The first-order valence-electron chi connectivity index (χ1n) is 7.07. The third-order valence-corrected chi connectivity index (χ3v) is 5.77. The molecule has 22 heavy (non-hydrogen) atoms. The number of carbonyl (C=O) groups excluding carboxylic acids is 1. The average Bonchev–Trinajstić information content (AvgIpc) is 2.74. The molecule has 1 aromatic rings. The Labute approximate surface area is 130 Å². The van der Waals surface area contributed by atoms with Crippen LogP contribution < -0.4 is 0 Å². The van der Waals surface area contributed by atoms with Crippen LogP contribution in [0.2, 0.25) is 0 Å². The van der Waals surface area contributed by atoms with Crippen LogP contribution in [0.3, 0.4) is 0 Å². The average molecular weight is 330 g/mol. The highest BCUT2D eigenvalue weighted by atomic mass is 32.2. The van der Waals surface area contributed by atoms with Gasteiger partial charge in [0.1, 0.15) is 11.4 Å². The topological polar surface area (TPSA) is 84.7 Å². The lowest BCUT2D eigenvalue weighted by Gasteiger charge is -2.26. The maximum atomic E-state index is 12.3. The first-order valence-corrected chi connectivity index (χ1v) is 8.51. The van der Waals surface area contributed by atoms with Crippen molar-refractivity contribution in [3.63, 3.8) is 0 Å². The first-order chi connectivity index (χ1) is 10.2. The highest BCUT2D eigenvalue weighted by Crippen LogP contribution is 2.22. The lowest BCUT2D eigenvalue weighted by molar-refractivity contribution is -0.136. The number of nitrogens with zero attached hydrogens (tertiary/aromatic N) is 4. The Morgan fingerprint density at radius 2 is 1.86 bits per heavy atom. The second-order valence-corrected chi connectivity index (χ2v) is 7.53. The lowest BCUT2D eigenvalue weighted by Crippen LogP contribution is -2.42. The fourth-order valence-corrected chi connectivity index (χ4v) is 3.69. The SMILES string of the molecule is Cc1nn(CC(=O)N2CCOCC2)c(C)c1S(=O)(=O)N(C)C. The number of amides is 1. The molecule has 0 bridgehead atoms. The van der Waals surface area contributed by atoms with Crippen LogP contribution >= 0.6 is 0 Å². The van der Waals surface area contributed by atoms with Gasteiger partial charge in [0.2, 0.25) is 15.9 Å². The molecule has 1 aromatic heterocycles. The zero-order valence-corrected chi connectivity index (χ0v) is 14.2. The number of aryl methyl sites for hydroxylation is 1. The molecule has 1 aliphatic heterocycles. The van der Waals surface area contributed by atoms with E-state index in [9.17, 15) is 13.2 Å². The van der Waals surface area contributed by atoms with E-state index in [0.717, 1.165) is 4.31 Å². The standard InChI is InChI=1S/C13H22N4O4S/c1-10-13(22(19,20)15(3)4)11(2)17(14-10)9-12(18)16-5-7-21-8-6-16/h5-9H2,1-4H3. The van der Waals surface area contributed by atoms with Gasteiger partial charge in [0.05, 0.1) is 24.6 Å². The van der Waals surface area contributed by atoms with Gasteiger partial charge in [-0.3, -0.25) is 9.48 Å². The van der Waals surface area contributed by atoms with Gasteiger partial charge in [-0.1, -0.05) is 0 Å². The van der Waals surface area contributed by atoms with Crippen LogP contribution in [-0.2, 0) is 26.1 Å². The molecule has 0 N–H and O–H groups in total. The quantitative estimate of drug-likeness (QED) is 0.750. The number of sulfonamides is 1. The van der Waals surface area contributed by atoms with Crippen molar-refractivity contribution < 1.29 is 17.9 Å². The van der Waals surface area contributed by atoms with Gasteiger partial charge in [0, 0.05) is 27.2 Å². The fourth-order valence-electron chi connectivity index (χ4n) is 2.43. The molecule has 0 atom stereocenters. The van der Waals surface area contributed by atoms with Crippen molar-refractivity contribution in [3.8, 4) is 0 Å². The zero-order valence-electron chi connectivity index (χ0n) is 13.4. The minimum atomic E-state index is -3.57. The highest BCUT2D eigenvalue weighted by Gasteiger charge is 2.28. The normalized spacial score (nSPS) is 16.3. The molecule has 2 rings (SSSR count). The molecule has 1 saturated heterocycles. The van der Waals surface area contributed by atoms with E-state index in [0.29, 0.717) is 37.7 Å². The third kappa shape index (κ3) is 3.16. The molecule has 2 heterocycles. The summed E-state index contributed by atoms with van der Waals surface area (Å²) < 4.78 is 32.5. The van der Waals surface area contributed by atoms with Crippen molar-refractivity contribution in [2.24, 2.45) is 0 Å². The number of hydrogen-bond acceptors (Lipinski definition) is 5. The van der Waals surface area contributed by atoms with Crippen LogP contribution in [0.15, 0.2) is 4.90 Å². The molecule has 0 saturated carbocycles. The smallest absolute Gasteiger partial charge is 0.246 e. The van der Waals surface area contributed by atoms with E-state index >= 15 is 0 Å². The molecule has 0 radical (unpaired) electrons. The van der Waals surface area contributed by atoms with Crippen molar-refractivity contribution >= 4 is 15.9 Å². The Bertz CT molecular complexity index is 660. The van der Waals surface area contributed by atoms with Gasteiger partial charge < -0.3 is 9.64 Å². The van der Waals surface area contributed by atoms with E-state index in [1.165, 1.54) is 18.8 Å². The van der Waals surface area contributed by atoms with Gasteiger partial charge in [-0.05, 0) is 13.8 Å². The summed E-state index contributed by atoms with van der Waals surface area (Å²) >= 11 is 0. The van der Waals surface area contributed by atoms with E-state index < -0.39 is 10.0 Å². The Morgan fingerprint density at radius 1 is 1.27 bits per heavy atom. The Hall–Kier alpha value is -1.45. The van der Waals surface area contributed by atoms with Crippen LogP contribution in [0, 0.1) is 13.8 Å². The van der Waals surface area contributed by atoms with Crippen molar-refractivity contribution in [2.75, 3.05) is 40.4 Å². The fraction of sp³-hybridized carbons (Fsp3) is 0.692. The second-order valence-electron chi connectivity index (χ2n) is 5.44. The number of ether oxygens (including phenoxy) is 1. The maximum Gasteiger partial charge on any atom is 0.246 e. The van der Waals surface area contributed by atoms with Gasteiger partial charge in [-0.15, -0.1) is 0 Å². The Morgan fingerprint density at radius 3 is 2.41 bits per heavy atom. The first kappa shape index (κ1) is 16.9. The third-order valence-electron chi connectivity index (χ3n) is 3.70. The summed E-state index contributed by atoms with van der Waals surface area (Å²) in [5.41, 5.74) is 0.883. The van der Waals surface area contributed by atoms with Crippen LogP contribution in [0.4, 0.5) is 0 Å². The van der Waals surface area contributed by atoms with E-state index in [-0.39, 0.29) is 17.3 Å². The number of morpholine rings is 1. The summed E-state index contributed by atoms with van der Waals surface area (Å²) in [6.45, 7) is 5.52. The lowest BCUT2D eigenvalue weighted by atomic mass is 10.3. The van der Waals surface area contributed by atoms with E-state index in [2.05, 4.69) is 5.10 Å². The van der Waals surface area contributed by atoms with Crippen LogP contribution in [-0.4, -0.2) is 73.7 Å². The van der Waals surface area contributed by atoms with Gasteiger partial charge in [0.15, 0.2) is 0 Å². The summed E-state index contributed by atoms with van der Waals surface area (Å²) in [5.74, 6) is -0.0808. The predicted molar refractivity (Wildman–Crippen MR) is 80.0 cm³/mol. The predicted octanol–water partition coefficient (Wildman–Crippen LogP) is -0.391. The molecule has 9 heteroatoms. The van der Waals surface area contributed by atoms with Gasteiger partial charge in [-0.2, -0.15) is 5.10 Å². The van der Waals surface area contributed by atoms with Crippen LogP contribution in [0.5, 0.6) is 0 Å². The summed E-state index contributed by atoms with van der Waals surface area (Å²) in [6, 6.07) is 0. The number of rotatable bonds is 4. The van der Waals surface area contributed by atoms with Gasteiger partial charge in [0.25, 0.3) is 0 Å². The molecular formula is C13H22N4O4S. The maximum absolute atomic E-state index is 12.3. The summed E-state index contributed by atoms with van der Waals surface area (Å²) in [7, 11) is -0.620. The molecule has 1 fully saturated rings. The van der Waals surface area contributed by atoms with Crippen LogP contribution in [0.1, 0.15) is 11.4 Å². The molecule has 8 nitrogen and oxygen atoms in total. The van der Waals surface area contributed by atoms with E-state index in [1.54, 1.807) is 18.7 Å². The van der Waals surface area contributed by atoms with E-state index in [1.807, 2.05) is 0 Å². The van der Waals surface area contributed by atoms with Gasteiger partial charge in [-0.25, -0.2) is 12.7 Å². The highest BCUT2D eigenvalue weighted by molar-refractivity contribution is 7.89. The molecule has 0 spiro atoms. The minimum absolute atomic E-state index is 0.0373. The Kier molecular flexibility index (Phi) is 4.88.